The summed E-state index contributed by atoms with van der Waals surface area (Å²) < 4.78 is 24.1. The Kier molecular flexibility index (Phi) is 5.95. The van der Waals surface area contributed by atoms with Crippen LogP contribution in [0.2, 0.25) is 0 Å². The third-order valence-electron chi connectivity index (χ3n) is 4.00. The molecule has 0 radical (unpaired) electrons. The van der Waals surface area contributed by atoms with Crippen LogP contribution in [-0.4, -0.2) is 26.4 Å². The zero-order chi connectivity index (χ0) is 14.4. The lowest BCUT2D eigenvalue weighted by molar-refractivity contribution is 0.0342. The molecule has 1 saturated heterocycles. The summed E-state index contributed by atoms with van der Waals surface area (Å²) in [5, 5.41) is 3.54. The molecule has 0 saturated carbocycles. The van der Waals surface area contributed by atoms with Gasteiger partial charge < -0.3 is 14.8 Å². The minimum atomic E-state index is -0.206. The number of rotatable bonds is 6. The minimum Gasteiger partial charge on any atom is -0.380 e. The van der Waals surface area contributed by atoms with E-state index in [9.17, 15) is 4.39 Å². The lowest BCUT2D eigenvalue weighted by Crippen LogP contribution is -2.43. The van der Waals surface area contributed by atoms with Gasteiger partial charge in [0, 0.05) is 31.9 Å². The van der Waals surface area contributed by atoms with Crippen molar-refractivity contribution in [1.82, 2.24) is 5.32 Å². The fraction of sp³-hybridized carbons (Fsp3) is 0.625. The van der Waals surface area contributed by atoms with Crippen molar-refractivity contribution < 1.29 is 13.9 Å². The zero-order valence-electron chi connectivity index (χ0n) is 12.3. The van der Waals surface area contributed by atoms with Crippen LogP contribution >= 0.6 is 0 Å². The molecule has 1 aliphatic rings. The van der Waals surface area contributed by atoms with E-state index in [0.717, 1.165) is 31.7 Å². The number of ether oxygens (including phenoxy) is 2. The first-order valence-electron chi connectivity index (χ1n) is 7.32. The number of nitrogens with one attached hydrogen (secondary N) is 1. The van der Waals surface area contributed by atoms with E-state index in [4.69, 9.17) is 9.47 Å². The van der Waals surface area contributed by atoms with Gasteiger partial charge >= 0.3 is 0 Å². The summed E-state index contributed by atoms with van der Waals surface area (Å²) >= 11 is 0. The second-order valence-corrected chi connectivity index (χ2v) is 5.38. The van der Waals surface area contributed by atoms with E-state index >= 15 is 0 Å². The van der Waals surface area contributed by atoms with Gasteiger partial charge in [0.2, 0.25) is 0 Å². The third kappa shape index (κ3) is 4.01. The Morgan fingerprint density at radius 1 is 1.45 bits per heavy atom. The molecule has 0 aliphatic carbocycles. The molecule has 0 amide bonds. The van der Waals surface area contributed by atoms with E-state index in [1.807, 2.05) is 12.1 Å². The zero-order valence-corrected chi connectivity index (χ0v) is 12.3. The van der Waals surface area contributed by atoms with Crippen molar-refractivity contribution in [2.24, 2.45) is 5.92 Å². The summed E-state index contributed by atoms with van der Waals surface area (Å²) in [6.07, 6.45) is 2.28. The van der Waals surface area contributed by atoms with Crippen molar-refractivity contribution in [3.63, 3.8) is 0 Å². The molecule has 20 heavy (non-hydrogen) atoms. The Morgan fingerprint density at radius 3 is 3.05 bits per heavy atom. The van der Waals surface area contributed by atoms with E-state index in [2.05, 4.69) is 12.2 Å². The highest BCUT2D eigenvalue weighted by molar-refractivity contribution is 5.24. The van der Waals surface area contributed by atoms with Crippen molar-refractivity contribution in [2.45, 2.75) is 39.0 Å². The average molecular weight is 281 g/mol. The number of benzene rings is 1. The maximum atomic E-state index is 13.5. The summed E-state index contributed by atoms with van der Waals surface area (Å²) in [7, 11) is 1.58. The van der Waals surface area contributed by atoms with Crippen molar-refractivity contribution >= 4 is 0 Å². The molecular formula is C16H24FNO2. The molecule has 0 bridgehead atoms. The van der Waals surface area contributed by atoms with Crippen LogP contribution in [0.1, 0.15) is 30.9 Å². The molecule has 1 aliphatic heterocycles. The van der Waals surface area contributed by atoms with Gasteiger partial charge in [0.05, 0.1) is 13.2 Å². The van der Waals surface area contributed by atoms with Crippen LogP contribution in [0, 0.1) is 11.7 Å². The first-order chi connectivity index (χ1) is 9.74. The van der Waals surface area contributed by atoms with Crippen LogP contribution in [0.5, 0.6) is 0 Å². The van der Waals surface area contributed by atoms with Crippen molar-refractivity contribution in [3.8, 4) is 0 Å². The molecule has 0 aromatic heterocycles. The van der Waals surface area contributed by atoms with Gasteiger partial charge in [0.1, 0.15) is 5.82 Å². The van der Waals surface area contributed by atoms with Crippen molar-refractivity contribution in [2.75, 3.05) is 20.3 Å². The smallest absolute Gasteiger partial charge is 0.128 e. The van der Waals surface area contributed by atoms with Gasteiger partial charge in [-0.2, -0.15) is 0 Å². The quantitative estimate of drug-likeness (QED) is 0.869. The standard InChI is InChI=1S/C16H24FNO2/c1-3-13-6-7-20-11-16(13)18-9-12-4-5-15(17)14(8-12)10-19-2/h4-5,8,13,16,18H,3,6-7,9-11H2,1-2H3. The molecule has 1 heterocycles. The van der Waals surface area contributed by atoms with E-state index < -0.39 is 0 Å². The lowest BCUT2D eigenvalue weighted by atomic mass is 9.92. The largest absolute Gasteiger partial charge is 0.380 e. The summed E-state index contributed by atoms with van der Waals surface area (Å²) in [6, 6.07) is 5.60. The predicted octanol–water partition coefficient (Wildman–Crippen LogP) is 2.88. The van der Waals surface area contributed by atoms with Crippen LogP contribution in [-0.2, 0) is 22.6 Å². The molecular weight excluding hydrogens is 257 g/mol. The summed E-state index contributed by atoms with van der Waals surface area (Å²) in [6.45, 7) is 4.90. The van der Waals surface area contributed by atoms with Gasteiger partial charge in [-0.1, -0.05) is 19.4 Å². The van der Waals surface area contributed by atoms with Gasteiger partial charge in [0.15, 0.2) is 0 Å². The average Bonchev–Trinajstić information content (AvgIpc) is 2.48. The summed E-state index contributed by atoms with van der Waals surface area (Å²) in [5.41, 5.74) is 1.69. The normalized spacial score (nSPS) is 22.9. The lowest BCUT2D eigenvalue weighted by Gasteiger charge is -2.31. The van der Waals surface area contributed by atoms with Gasteiger partial charge in [-0.05, 0) is 30.0 Å². The third-order valence-corrected chi connectivity index (χ3v) is 4.00. The van der Waals surface area contributed by atoms with Crippen LogP contribution in [0.4, 0.5) is 4.39 Å². The van der Waals surface area contributed by atoms with Crippen LogP contribution in [0.25, 0.3) is 0 Å². The van der Waals surface area contributed by atoms with Crippen LogP contribution in [0.3, 0.4) is 0 Å². The van der Waals surface area contributed by atoms with Crippen LogP contribution < -0.4 is 5.32 Å². The second kappa shape index (κ2) is 7.72. The first kappa shape index (κ1) is 15.4. The highest BCUT2D eigenvalue weighted by Crippen LogP contribution is 2.19. The molecule has 1 N–H and O–H groups in total. The van der Waals surface area contributed by atoms with E-state index in [1.165, 1.54) is 12.5 Å². The second-order valence-electron chi connectivity index (χ2n) is 5.38. The monoisotopic (exact) mass is 281 g/mol. The molecule has 1 fully saturated rings. The Hall–Kier alpha value is -0.970. The molecule has 2 rings (SSSR count). The Labute approximate surface area is 120 Å². The van der Waals surface area contributed by atoms with E-state index in [0.29, 0.717) is 24.1 Å². The number of hydrogen-bond donors (Lipinski definition) is 1. The van der Waals surface area contributed by atoms with Crippen molar-refractivity contribution in [1.29, 1.82) is 0 Å². The maximum absolute atomic E-state index is 13.5. The predicted molar refractivity (Wildman–Crippen MR) is 77.0 cm³/mol. The fourth-order valence-corrected chi connectivity index (χ4v) is 2.75. The maximum Gasteiger partial charge on any atom is 0.128 e. The van der Waals surface area contributed by atoms with Gasteiger partial charge in [0.25, 0.3) is 0 Å². The SMILES string of the molecule is CCC1CCOCC1NCc1ccc(F)c(COC)c1. The molecule has 2 unspecified atom stereocenters. The summed E-state index contributed by atoms with van der Waals surface area (Å²) in [5.74, 6) is 0.464. The van der Waals surface area contributed by atoms with Crippen LogP contribution in [0.15, 0.2) is 18.2 Å². The topological polar surface area (TPSA) is 30.5 Å². The molecule has 1 aromatic rings. The highest BCUT2D eigenvalue weighted by atomic mass is 19.1. The van der Waals surface area contributed by atoms with E-state index in [-0.39, 0.29) is 5.82 Å². The molecule has 112 valence electrons. The first-order valence-corrected chi connectivity index (χ1v) is 7.32. The Morgan fingerprint density at radius 2 is 2.30 bits per heavy atom. The van der Waals surface area contributed by atoms with Gasteiger partial charge in [-0.3, -0.25) is 0 Å². The highest BCUT2D eigenvalue weighted by Gasteiger charge is 2.23. The Bertz CT molecular complexity index is 425. The van der Waals surface area contributed by atoms with Gasteiger partial charge in [-0.25, -0.2) is 4.39 Å². The van der Waals surface area contributed by atoms with Crippen molar-refractivity contribution in [3.05, 3.63) is 35.1 Å². The number of hydrogen-bond acceptors (Lipinski definition) is 3. The Balaban J connectivity index is 1.94. The molecule has 1 aromatic carbocycles. The van der Waals surface area contributed by atoms with Gasteiger partial charge in [-0.15, -0.1) is 0 Å². The molecule has 3 nitrogen and oxygen atoms in total. The molecule has 0 spiro atoms. The molecule has 2 atom stereocenters. The molecule has 4 heteroatoms. The van der Waals surface area contributed by atoms with E-state index in [1.54, 1.807) is 7.11 Å². The fourth-order valence-electron chi connectivity index (χ4n) is 2.75. The number of halogens is 1. The minimum absolute atomic E-state index is 0.206. The summed E-state index contributed by atoms with van der Waals surface area (Å²) in [4.78, 5) is 0. The number of methoxy groups -OCH3 is 1.